The highest BCUT2D eigenvalue weighted by Gasteiger charge is 2.33. The minimum absolute atomic E-state index is 0.186. The van der Waals surface area contributed by atoms with Gasteiger partial charge in [-0.2, -0.15) is 0 Å². The van der Waals surface area contributed by atoms with Crippen LogP contribution in [0.15, 0.2) is 73.1 Å². The first kappa shape index (κ1) is 37.3. The number of hydrogen-bond acceptors (Lipinski definition) is 11. The Balaban J connectivity index is 0.867. The molecule has 2 saturated heterocycles. The summed E-state index contributed by atoms with van der Waals surface area (Å²) in [5.41, 5.74) is 10.9. The number of rotatable bonds is 8. The van der Waals surface area contributed by atoms with Crippen LogP contribution < -0.4 is 9.80 Å². The Kier molecular flexibility index (Phi) is 10.1. The molecule has 0 spiro atoms. The van der Waals surface area contributed by atoms with Gasteiger partial charge in [-0.05, 0) is 135 Å². The molecule has 4 aromatic carbocycles. The molecule has 288 valence electrons. The van der Waals surface area contributed by atoms with E-state index in [9.17, 15) is 15.0 Å². The second-order valence-electron chi connectivity index (χ2n) is 15.6. The molecule has 2 aliphatic heterocycles. The number of carbonyl (C=O) groups excluding carboxylic acids is 1. The van der Waals surface area contributed by atoms with Gasteiger partial charge in [0, 0.05) is 52.4 Å². The van der Waals surface area contributed by atoms with E-state index in [1.54, 1.807) is 0 Å². The van der Waals surface area contributed by atoms with E-state index in [1.165, 1.54) is 0 Å². The zero-order chi connectivity index (χ0) is 39.2. The van der Waals surface area contributed by atoms with Crippen molar-refractivity contribution in [1.29, 1.82) is 0 Å². The molecule has 0 amide bonds. The highest BCUT2D eigenvalue weighted by Crippen LogP contribution is 2.32. The van der Waals surface area contributed by atoms with Gasteiger partial charge in [0.05, 0.1) is 46.5 Å². The number of phenolic OH excluding ortho intramolecular Hbond substituents is 2. The van der Waals surface area contributed by atoms with E-state index in [4.69, 9.17) is 19.9 Å². The summed E-state index contributed by atoms with van der Waals surface area (Å²) < 4.78 is 0. The van der Waals surface area contributed by atoms with Crippen LogP contribution in [0.1, 0.15) is 36.1 Å². The maximum atomic E-state index is 13.9. The van der Waals surface area contributed by atoms with Gasteiger partial charge in [-0.1, -0.05) is 12.1 Å². The van der Waals surface area contributed by atoms with Crippen LogP contribution in [-0.2, 0) is 4.79 Å². The van der Waals surface area contributed by atoms with Crippen LogP contribution in [0.3, 0.4) is 0 Å². The summed E-state index contributed by atoms with van der Waals surface area (Å²) in [6, 6.07) is 19.9. The predicted octanol–water partition coefficient (Wildman–Crippen LogP) is 6.84. The minimum atomic E-state index is -0.186. The zero-order valence-electron chi connectivity index (χ0n) is 33.1. The monoisotopic (exact) mass is 750 g/mol. The summed E-state index contributed by atoms with van der Waals surface area (Å²) in [7, 11) is 0. The molecule has 2 N–H and O–H groups in total. The van der Waals surface area contributed by atoms with Gasteiger partial charge < -0.3 is 20.0 Å². The summed E-state index contributed by atoms with van der Waals surface area (Å²) >= 11 is 0. The second-order valence-corrected chi connectivity index (χ2v) is 15.6. The van der Waals surface area contributed by atoms with Crippen molar-refractivity contribution >= 4 is 39.5 Å². The van der Waals surface area contributed by atoms with Crippen LogP contribution in [0.4, 0.5) is 11.6 Å². The second kappa shape index (κ2) is 15.1. The summed E-state index contributed by atoms with van der Waals surface area (Å²) in [6.07, 6.45) is 3.70. The lowest BCUT2D eigenvalue weighted by molar-refractivity contribution is -0.128. The first-order chi connectivity index (χ1) is 26.9. The fourth-order valence-electron chi connectivity index (χ4n) is 8.30. The Morgan fingerprint density at radius 2 is 0.875 bits per heavy atom. The Morgan fingerprint density at radius 1 is 0.518 bits per heavy atom. The normalized spacial score (nSPS) is 16.8. The fraction of sp³-hybridized carbons (Fsp3) is 0.356. The molecular formula is C45H50N8O3. The molecule has 4 heterocycles. The maximum absolute atomic E-state index is 13.9. The molecule has 0 aliphatic carbocycles. The average molecular weight is 751 g/mol. The van der Waals surface area contributed by atoms with Crippen LogP contribution in [0, 0.1) is 27.7 Å². The van der Waals surface area contributed by atoms with Gasteiger partial charge in [-0.25, -0.2) is 9.97 Å². The summed E-state index contributed by atoms with van der Waals surface area (Å²) in [6.45, 7) is 17.9. The number of fused-ring (bicyclic) bond motifs is 2. The van der Waals surface area contributed by atoms with Crippen LogP contribution in [0.5, 0.6) is 11.5 Å². The average Bonchev–Trinajstić information content (AvgIpc) is 3.22. The molecule has 0 radical (unpaired) electrons. The molecule has 2 unspecified atom stereocenters. The molecule has 2 fully saturated rings. The third kappa shape index (κ3) is 7.24. The van der Waals surface area contributed by atoms with E-state index in [0.717, 1.165) is 131 Å². The number of hydrogen-bond donors (Lipinski definition) is 2. The Hall–Kier alpha value is -5.65. The molecule has 2 atom stereocenters. The lowest BCUT2D eigenvalue weighted by Gasteiger charge is -2.41. The number of piperazine rings is 2. The van der Waals surface area contributed by atoms with E-state index >= 15 is 0 Å². The largest absolute Gasteiger partial charge is 0.507 e. The highest BCUT2D eigenvalue weighted by atomic mass is 16.3. The third-order valence-electron chi connectivity index (χ3n) is 11.9. The number of aryl methyl sites for hydroxylation is 4. The Bertz CT molecular complexity index is 2240. The quantitative estimate of drug-likeness (QED) is 0.170. The molecule has 11 heteroatoms. The number of aromatic nitrogens is 4. The van der Waals surface area contributed by atoms with Gasteiger partial charge in [0.1, 0.15) is 23.1 Å². The van der Waals surface area contributed by atoms with Gasteiger partial charge >= 0.3 is 0 Å². The smallest absolute Gasteiger partial charge is 0.166 e. The molecule has 2 aliphatic rings. The molecule has 6 aromatic rings. The van der Waals surface area contributed by atoms with Gasteiger partial charge in [0.2, 0.25) is 0 Å². The van der Waals surface area contributed by atoms with Crippen molar-refractivity contribution in [3.05, 3.63) is 95.3 Å². The molecule has 11 nitrogen and oxygen atoms in total. The number of phenols is 2. The van der Waals surface area contributed by atoms with Crippen molar-refractivity contribution in [1.82, 2.24) is 29.7 Å². The van der Waals surface area contributed by atoms with Gasteiger partial charge in [-0.15, -0.1) is 0 Å². The summed E-state index contributed by atoms with van der Waals surface area (Å²) in [4.78, 5) is 42.5. The molecule has 8 rings (SSSR count). The maximum Gasteiger partial charge on any atom is 0.166 e. The van der Waals surface area contributed by atoms with E-state index < -0.39 is 0 Å². The van der Waals surface area contributed by atoms with Crippen LogP contribution in [0.2, 0.25) is 0 Å². The number of benzene rings is 4. The summed E-state index contributed by atoms with van der Waals surface area (Å²) in [5.74, 6) is 2.61. The van der Waals surface area contributed by atoms with Crippen molar-refractivity contribution in [3.8, 4) is 33.8 Å². The number of anilines is 2. The number of ketones is 1. The van der Waals surface area contributed by atoms with Gasteiger partial charge in [0.25, 0.3) is 0 Å². The zero-order valence-corrected chi connectivity index (χ0v) is 33.1. The van der Waals surface area contributed by atoms with E-state index in [2.05, 4.69) is 57.7 Å². The van der Waals surface area contributed by atoms with Gasteiger partial charge in [0.15, 0.2) is 5.78 Å². The molecule has 0 saturated carbocycles. The van der Waals surface area contributed by atoms with Crippen molar-refractivity contribution in [2.45, 2.75) is 53.6 Å². The molecular weight excluding hydrogens is 701 g/mol. The third-order valence-corrected chi connectivity index (χ3v) is 11.9. The van der Waals surface area contributed by atoms with Crippen LogP contribution in [0.25, 0.3) is 44.3 Å². The summed E-state index contributed by atoms with van der Waals surface area (Å²) in [5, 5.41) is 20.5. The standard InChI is InChI=1S/C45H50N8O3/c1-27-19-35(20-28(2)43(27)54)33-7-9-37-39(23-33)48-41(25-46-37)52-15-11-50(12-16-52)31(5)45(56)32(6)51-13-17-53(18-14-51)42-26-47-38-10-8-34(24-40(38)49-42)36-21-29(3)44(55)30(4)22-36/h7-10,19-26,31-32,54-55H,11-18H2,1-6H3. The first-order valence-corrected chi connectivity index (χ1v) is 19.6. The van der Waals surface area contributed by atoms with E-state index in [-0.39, 0.29) is 17.9 Å². The van der Waals surface area contributed by atoms with E-state index in [1.807, 2.05) is 76.5 Å². The topological polar surface area (TPSA) is 122 Å². The molecule has 2 aromatic heterocycles. The SMILES string of the molecule is Cc1cc(-c2ccc3ncc(N4CCN(C(C)C(=O)C(C)N5CCN(c6cnc7ccc(-c8cc(C)c(O)c(C)c8)cc7n6)CC5)CC4)nc3c2)cc(C)c1O. The number of carbonyl (C=O) groups is 1. The highest BCUT2D eigenvalue weighted by molar-refractivity contribution is 5.88. The number of aromatic hydroxyl groups is 2. The molecule has 0 bridgehead atoms. The first-order valence-electron chi connectivity index (χ1n) is 19.6. The lowest BCUT2D eigenvalue weighted by Crippen LogP contribution is -2.57. The van der Waals surface area contributed by atoms with E-state index in [0.29, 0.717) is 11.5 Å². The fourth-order valence-corrected chi connectivity index (χ4v) is 8.30. The van der Waals surface area contributed by atoms with Crippen molar-refractivity contribution in [2.24, 2.45) is 0 Å². The van der Waals surface area contributed by atoms with Crippen molar-refractivity contribution in [3.63, 3.8) is 0 Å². The van der Waals surface area contributed by atoms with Gasteiger partial charge in [-0.3, -0.25) is 24.6 Å². The minimum Gasteiger partial charge on any atom is -0.507 e. The number of Topliss-reactive ketones (excluding diaryl/α,β-unsaturated/α-hetero) is 1. The Labute approximate surface area is 328 Å². The lowest BCUT2D eigenvalue weighted by atomic mass is 9.99. The van der Waals surface area contributed by atoms with Crippen LogP contribution in [-0.4, -0.2) is 110 Å². The van der Waals surface area contributed by atoms with Crippen molar-refractivity contribution < 1.29 is 15.0 Å². The van der Waals surface area contributed by atoms with Crippen molar-refractivity contribution in [2.75, 3.05) is 62.2 Å². The predicted molar refractivity (Wildman–Crippen MR) is 224 cm³/mol. The Morgan fingerprint density at radius 3 is 1.23 bits per heavy atom. The molecule has 56 heavy (non-hydrogen) atoms. The van der Waals surface area contributed by atoms with Crippen LogP contribution >= 0.6 is 0 Å². The number of nitrogens with zero attached hydrogens (tertiary/aromatic N) is 8.